The highest BCUT2D eigenvalue weighted by Crippen LogP contribution is 2.38. The minimum Gasteiger partial charge on any atom is -0.481 e. The van der Waals surface area contributed by atoms with E-state index in [0.717, 1.165) is 0 Å². The molecule has 4 nitrogen and oxygen atoms in total. The minimum absolute atomic E-state index is 0.0641. The van der Waals surface area contributed by atoms with Crippen LogP contribution < -0.4 is 0 Å². The molecule has 0 radical (unpaired) electrons. The number of carboxylic acids is 1. The third-order valence-corrected chi connectivity index (χ3v) is 8.32. The molecule has 5 heteroatoms. The second-order valence-corrected chi connectivity index (χ2v) is 11.1. The van der Waals surface area contributed by atoms with Crippen molar-refractivity contribution < 1.29 is 19.1 Å². The van der Waals surface area contributed by atoms with E-state index in [1.807, 2.05) is 0 Å². The fourth-order valence-electron chi connectivity index (χ4n) is 1.64. The van der Waals surface area contributed by atoms with Crippen molar-refractivity contribution in [2.24, 2.45) is 5.92 Å². The lowest BCUT2D eigenvalue weighted by atomic mass is 10.0. The molecule has 0 spiro atoms. The summed E-state index contributed by atoms with van der Waals surface area (Å²) in [5, 5.41) is 9.13. The van der Waals surface area contributed by atoms with Crippen molar-refractivity contribution in [2.75, 3.05) is 13.2 Å². The number of carboxylic acid groups (broad SMARTS) is 1. The van der Waals surface area contributed by atoms with E-state index in [1.54, 1.807) is 0 Å². The maximum atomic E-state index is 10.9. The third kappa shape index (κ3) is 3.79. The van der Waals surface area contributed by atoms with Crippen LogP contribution in [0.15, 0.2) is 0 Å². The Labute approximate surface area is 104 Å². The average molecular weight is 260 g/mol. The predicted octanol–water partition coefficient (Wildman–Crippen LogP) is 2.50. The lowest BCUT2D eigenvalue weighted by Crippen LogP contribution is -2.47. The number of ether oxygens (including phenoxy) is 1. The maximum Gasteiger partial charge on any atom is 0.308 e. The van der Waals surface area contributed by atoms with Gasteiger partial charge in [-0.1, -0.05) is 20.8 Å². The van der Waals surface area contributed by atoms with Gasteiger partial charge in [0.25, 0.3) is 0 Å². The van der Waals surface area contributed by atoms with Gasteiger partial charge in [0.05, 0.1) is 25.2 Å². The molecule has 0 aromatic carbocycles. The van der Waals surface area contributed by atoms with Crippen LogP contribution in [0.25, 0.3) is 0 Å². The second-order valence-electron chi connectivity index (χ2n) is 6.31. The van der Waals surface area contributed by atoms with E-state index in [1.165, 1.54) is 0 Å². The van der Waals surface area contributed by atoms with Crippen molar-refractivity contribution in [3.63, 3.8) is 0 Å². The third-order valence-electron chi connectivity index (χ3n) is 3.79. The van der Waals surface area contributed by atoms with Crippen molar-refractivity contribution in [3.8, 4) is 0 Å². The molecule has 0 aromatic rings. The van der Waals surface area contributed by atoms with E-state index in [-0.39, 0.29) is 11.1 Å². The molecule has 1 aliphatic heterocycles. The van der Waals surface area contributed by atoms with Gasteiger partial charge in [0.15, 0.2) is 8.32 Å². The van der Waals surface area contributed by atoms with Gasteiger partial charge in [-0.25, -0.2) is 0 Å². The Morgan fingerprint density at radius 2 is 1.94 bits per heavy atom. The summed E-state index contributed by atoms with van der Waals surface area (Å²) in [5.74, 6) is -1.20. The van der Waals surface area contributed by atoms with Gasteiger partial charge in [-0.05, 0) is 24.6 Å². The fraction of sp³-hybridized carbons (Fsp3) is 0.917. The molecule has 1 rings (SSSR count). The van der Waals surface area contributed by atoms with E-state index in [9.17, 15) is 4.79 Å². The molecule has 0 aliphatic carbocycles. The van der Waals surface area contributed by atoms with Gasteiger partial charge < -0.3 is 14.3 Å². The second kappa shape index (κ2) is 5.08. The summed E-state index contributed by atoms with van der Waals surface area (Å²) in [7, 11) is -1.83. The predicted molar refractivity (Wildman–Crippen MR) is 68.6 cm³/mol. The van der Waals surface area contributed by atoms with Gasteiger partial charge in [0.2, 0.25) is 0 Å². The standard InChI is InChI=1S/C12H24O4Si/c1-12(2,3)17(4,5)16-10-6-9(11(13)14)7-15-8-10/h9-10H,6-8H2,1-5H3,(H,13,14)/t9-,10+/m0/s1. The number of aliphatic carboxylic acids is 1. The van der Waals surface area contributed by atoms with Crippen LogP contribution in [0.1, 0.15) is 27.2 Å². The monoisotopic (exact) mass is 260 g/mol. The summed E-state index contributed by atoms with van der Waals surface area (Å²) >= 11 is 0. The molecule has 1 fully saturated rings. The molecule has 100 valence electrons. The minimum atomic E-state index is -1.83. The van der Waals surface area contributed by atoms with Crippen molar-refractivity contribution in [1.29, 1.82) is 0 Å². The summed E-state index contributed by atoms with van der Waals surface area (Å²) in [6.07, 6.45) is 0.507. The van der Waals surface area contributed by atoms with E-state index in [0.29, 0.717) is 19.6 Å². The van der Waals surface area contributed by atoms with Crippen LogP contribution in [0.5, 0.6) is 0 Å². The first-order valence-corrected chi connectivity index (χ1v) is 9.02. The topological polar surface area (TPSA) is 55.8 Å². The van der Waals surface area contributed by atoms with Crippen LogP contribution in [-0.2, 0) is 14.0 Å². The first kappa shape index (κ1) is 14.7. The van der Waals surface area contributed by atoms with E-state index < -0.39 is 20.2 Å². The summed E-state index contributed by atoms with van der Waals surface area (Å²) in [6.45, 7) is 11.7. The van der Waals surface area contributed by atoms with Crippen LogP contribution >= 0.6 is 0 Å². The largest absolute Gasteiger partial charge is 0.481 e. The van der Waals surface area contributed by atoms with Gasteiger partial charge in [-0.3, -0.25) is 4.79 Å². The van der Waals surface area contributed by atoms with Crippen molar-refractivity contribution in [3.05, 3.63) is 0 Å². The molecule has 0 unspecified atom stereocenters. The van der Waals surface area contributed by atoms with Gasteiger partial charge in [-0.2, -0.15) is 0 Å². The Balaban J connectivity index is 2.60. The summed E-state index contributed by atoms with van der Waals surface area (Å²) in [6, 6.07) is 0. The lowest BCUT2D eigenvalue weighted by Gasteiger charge is -2.41. The fourth-order valence-corrected chi connectivity index (χ4v) is 2.99. The normalized spacial score (nSPS) is 26.9. The van der Waals surface area contributed by atoms with Crippen LogP contribution in [0, 0.1) is 5.92 Å². The highest BCUT2D eigenvalue weighted by Gasteiger charge is 2.40. The molecule has 2 atom stereocenters. The van der Waals surface area contributed by atoms with Gasteiger partial charge in [0.1, 0.15) is 0 Å². The number of rotatable bonds is 3. The molecular weight excluding hydrogens is 236 g/mol. The molecule has 0 bridgehead atoms. The molecular formula is C12H24O4Si. The zero-order chi connectivity index (χ0) is 13.3. The average Bonchev–Trinajstić information content (AvgIpc) is 2.15. The Bertz CT molecular complexity index is 283. The highest BCUT2D eigenvalue weighted by molar-refractivity contribution is 6.74. The van der Waals surface area contributed by atoms with Crippen LogP contribution in [0.3, 0.4) is 0 Å². The molecule has 0 saturated carbocycles. The number of hydrogen-bond acceptors (Lipinski definition) is 3. The molecule has 0 amide bonds. The molecule has 1 saturated heterocycles. The summed E-state index contributed by atoms with van der Waals surface area (Å²) in [4.78, 5) is 10.9. The van der Waals surface area contributed by atoms with E-state index >= 15 is 0 Å². The van der Waals surface area contributed by atoms with Gasteiger partial charge in [0, 0.05) is 0 Å². The molecule has 1 N–H and O–H groups in total. The quantitative estimate of drug-likeness (QED) is 0.792. The zero-order valence-corrected chi connectivity index (χ0v) is 12.4. The van der Waals surface area contributed by atoms with Crippen LogP contribution in [-0.4, -0.2) is 38.7 Å². The van der Waals surface area contributed by atoms with Crippen LogP contribution in [0.2, 0.25) is 18.1 Å². The van der Waals surface area contributed by atoms with Gasteiger partial charge in [-0.15, -0.1) is 0 Å². The first-order valence-electron chi connectivity index (χ1n) is 6.12. The Hall–Kier alpha value is -0.393. The van der Waals surface area contributed by atoms with E-state index in [4.69, 9.17) is 14.3 Å². The van der Waals surface area contributed by atoms with Crippen molar-refractivity contribution >= 4 is 14.3 Å². The number of carbonyl (C=O) groups is 1. The SMILES string of the molecule is CC(C)(C)[Si](C)(C)O[C@H]1COC[C@@H](C(=O)O)C1. The van der Waals surface area contributed by atoms with Crippen LogP contribution in [0.4, 0.5) is 0 Å². The summed E-state index contributed by atoms with van der Waals surface area (Å²) < 4.78 is 11.5. The van der Waals surface area contributed by atoms with Crippen molar-refractivity contribution in [1.82, 2.24) is 0 Å². The smallest absolute Gasteiger partial charge is 0.308 e. The molecule has 0 aromatic heterocycles. The molecule has 17 heavy (non-hydrogen) atoms. The maximum absolute atomic E-state index is 10.9. The Morgan fingerprint density at radius 1 is 1.35 bits per heavy atom. The Morgan fingerprint density at radius 3 is 2.41 bits per heavy atom. The highest BCUT2D eigenvalue weighted by atomic mass is 28.4. The molecule has 1 heterocycles. The lowest BCUT2D eigenvalue weighted by molar-refractivity contribution is -0.149. The zero-order valence-electron chi connectivity index (χ0n) is 11.4. The Kier molecular flexibility index (Phi) is 4.38. The van der Waals surface area contributed by atoms with E-state index in [2.05, 4.69) is 33.9 Å². The van der Waals surface area contributed by atoms with Gasteiger partial charge >= 0.3 is 5.97 Å². The first-order chi connectivity index (χ1) is 7.63. The number of hydrogen-bond donors (Lipinski definition) is 1. The summed E-state index contributed by atoms with van der Waals surface area (Å²) in [5.41, 5.74) is 0. The van der Waals surface area contributed by atoms with Crippen molar-refractivity contribution in [2.45, 2.75) is 51.4 Å². The molecule has 1 aliphatic rings.